The van der Waals surface area contributed by atoms with Crippen LogP contribution in [0.2, 0.25) is 5.02 Å². The van der Waals surface area contributed by atoms with E-state index in [0.717, 1.165) is 12.1 Å². The third-order valence-corrected chi connectivity index (χ3v) is 5.74. The zero-order chi connectivity index (χ0) is 13.6. The fourth-order valence-electron chi connectivity index (χ4n) is 2.60. The zero-order valence-electron chi connectivity index (χ0n) is 10.5. The van der Waals surface area contributed by atoms with E-state index >= 15 is 0 Å². The van der Waals surface area contributed by atoms with E-state index in [4.69, 9.17) is 23.8 Å². The maximum Gasteiger partial charge on any atom is 0.178 e. The van der Waals surface area contributed by atoms with Crippen LogP contribution in [0.4, 0.5) is 4.39 Å². The van der Waals surface area contributed by atoms with Gasteiger partial charge in [0, 0.05) is 17.4 Å². The molecule has 2 aromatic rings. The Hall–Kier alpha value is -0.520. The standard InChI is InChI=1S/C13H14ClFN2S2/c1-13(3-2-4-19-13)7-17-11-5-8(14)9(15)6-10(11)16-12(17)18/h5-6H,2-4,7H2,1H3,(H,16,18). The second kappa shape index (κ2) is 4.79. The van der Waals surface area contributed by atoms with Gasteiger partial charge in [0.15, 0.2) is 4.77 Å². The average Bonchev–Trinajstić information content (AvgIpc) is 2.88. The molecule has 0 amide bonds. The Morgan fingerprint density at radius 3 is 3.05 bits per heavy atom. The van der Waals surface area contributed by atoms with E-state index in [1.54, 1.807) is 6.07 Å². The molecule has 0 saturated carbocycles. The molecule has 0 aliphatic carbocycles. The van der Waals surface area contributed by atoms with Crippen LogP contribution in [0.3, 0.4) is 0 Å². The molecule has 1 saturated heterocycles. The molecule has 0 bridgehead atoms. The number of halogens is 2. The number of hydrogen-bond acceptors (Lipinski definition) is 2. The van der Waals surface area contributed by atoms with E-state index in [1.807, 2.05) is 16.3 Å². The Morgan fingerprint density at radius 1 is 1.58 bits per heavy atom. The minimum Gasteiger partial charge on any atom is -0.330 e. The van der Waals surface area contributed by atoms with Gasteiger partial charge in [0.05, 0.1) is 16.1 Å². The minimum atomic E-state index is -0.418. The lowest BCUT2D eigenvalue weighted by molar-refractivity contribution is 0.515. The summed E-state index contributed by atoms with van der Waals surface area (Å²) in [5.74, 6) is 0.778. The van der Waals surface area contributed by atoms with Gasteiger partial charge in [0.25, 0.3) is 0 Å². The van der Waals surface area contributed by atoms with Crippen molar-refractivity contribution in [2.45, 2.75) is 31.1 Å². The normalized spacial score (nSPS) is 23.3. The first-order chi connectivity index (χ1) is 8.98. The van der Waals surface area contributed by atoms with Crippen molar-refractivity contribution in [3.63, 3.8) is 0 Å². The van der Waals surface area contributed by atoms with Crippen LogP contribution in [-0.4, -0.2) is 20.1 Å². The number of H-pyrrole nitrogens is 1. The summed E-state index contributed by atoms with van der Waals surface area (Å²) in [5.41, 5.74) is 1.59. The number of aromatic nitrogens is 2. The molecule has 0 radical (unpaired) electrons. The molecular formula is C13H14ClFN2S2. The van der Waals surface area contributed by atoms with Crippen LogP contribution in [0, 0.1) is 10.6 Å². The van der Waals surface area contributed by atoms with Crippen LogP contribution in [-0.2, 0) is 6.54 Å². The molecule has 2 nitrogen and oxygen atoms in total. The van der Waals surface area contributed by atoms with E-state index in [9.17, 15) is 4.39 Å². The third kappa shape index (κ3) is 2.43. The van der Waals surface area contributed by atoms with Crippen LogP contribution < -0.4 is 0 Å². The fourth-order valence-corrected chi connectivity index (χ4v) is 4.33. The monoisotopic (exact) mass is 316 g/mol. The number of imidazole rings is 1. The molecule has 1 aliphatic heterocycles. The molecule has 1 unspecified atom stereocenters. The molecule has 1 fully saturated rings. The molecule has 2 heterocycles. The van der Waals surface area contributed by atoms with Gasteiger partial charge >= 0.3 is 0 Å². The summed E-state index contributed by atoms with van der Waals surface area (Å²) in [6, 6.07) is 3.07. The quantitative estimate of drug-likeness (QED) is 0.805. The molecule has 3 rings (SSSR count). The number of aromatic amines is 1. The van der Waals surface area contributed by atoms with E-state index in [0.29, 0.717) is 10.3 Å². The number of thioether (sulfide) groups is 1. The van der Waals surface area contributed by atoms with E-state index in [-0.39, 0.29) is 9.77 Å². The maximum absolute atomic E-state index is 13.5. The number of hydrogen-bond donors (Lipinski definition) is 1. The average molecular weight is 317 g/mol. The zero-order valence-corrected chi connectivity index (χ0v) is 12.9. The lowest BCUT2D eigenvalue weighted by Crippen LogP contribution is -2.23. The smallest absolute Gasteiger partial charge is 0.178 e. The topological polar surface area (TPSA) is 20.7 Å². The molecule has 0 spiro atoms. The first-order valence-corrected chi connectivity index (χ1v) is 7.97. The summed E-state index contributed by atoms with van der Waals surface area (Å²) in [6.45, 7) is 3.09. The summed E-state index contributed by atoms with van der Waals surface area (Å²) in [4.78, 5) is 3.06. The largest absolute Gasteiger partial charge is 0.330 e. The van der Waals surface area contributed by atoms with Crippen molar-refractivity contribution in [2.75, 3.05) is 5.75 Å². The summed E-state index contributed by atoms with van der Waals surface area (Å²) in [7, 11) is 0. The van der Waals surface area contributed by atoms with E-state index in [1.165, 1.54) is 24.7 Å². The number of fused-ring (bicyclic) bond motifs is 1. The predicted molar refractivity (Wildman–Crippen MR) is 82.2 cm³/mol. The minimum absolute atomic E-state index is 0.138. The van der Waals surface area contributed by atoms with E-state index in [2.05, 4.69) is 11.9 Å². The first-order valence-electron chi connectivity index (χ1n) is 6.20. The van der Waals surface area contributed by atoms with Crippen LogP contribution >= 0.6 is 35.6 Å². The number of nitrogens with one attached hydrogen (secondary N) is 1. The molecule has 102 valence electrons. The Kier molecular flexibility index (Phi) is 3.39. The highest BCUT2D eigenvalue weighted by Crippen LogP contribution is 2.39. The van der Waals surface area contributed by atoms with Crippen molar-refractivity contribution in [2.24, 2.45) is 0 Å². The fraction of sp³-hybridized carbons (Fsp3) is 0.462. The molecule has 1 N–H and O–H groups in total. The van der Waals surface area contributed by atoms with Gasteiger partial charge in [-0.2, -0.15) is 11.8 Å². The summed E-state index contributed by atoms with van der Waals surface area (Å²) >= 11 is 13.2. The van der Waals surface area contributed by atoms with Crippen molar-refractivity contribution < 1.29 is 4.39 Å². The summed E-state index contributed by atoms with van der Waals surface area (Å²) in [5, 5.41) is 0.138. The molecule has 19 heavy (non-hydrogen) atoms. The van der Waals surface area contributed by atoms with Crippen molar-refractivity contribution >= 4 is 46.6 Å². The van der Waals surface area contributed by atoms with Crippen LogP contribution in [0.15, 0.2) is 12.1 Å². The second-order valence-corrected chi connectivity index (χ2v) is 7.68. The highest BCUT2D eigenvalue weighted by atomic mass is 35.5. The molecular weight excluding hydrogens is 303 g/mol. The lowest BCUT2D eigenvalue weighted by Gasteiger charge is -2.23. The van der Waals surface area contributed by atoms with Gasteiger partial charge in [-0.15, -0.1) is 0 Å². The second-order valence-electron chi connectivity index (χ2n) is 5.20. The van der Waals surface area contributed by atoms with Gasteiger partial charge < -0.3 is 9.55 Å². The molecule has 1 aromatic carbocycles. The Morgan fingerprint density at radius 2 is 2.37 bits per heavy atom. The van der Waals surface area contributed by atoms with E-state index < -0.39 is 5.82 Å². The Bertz CT molecular complexity index is 686. The van der Waals surface area contributed by atoms with Gasteiger partial charge in [-0.3, -0.25) is 0 Å². The molecule has 1 aliphatic rings. The van der Waals surface area contributed by atoms with Crippen molar-refractivity contribution in [1.29, 1.82) is 0 Å². The number of nitrogens with zero attached hydrogens (tertiary/aromatic N) is 1. The first kappa shape index (κ1) is 13.5. The van der Waals surface area contributed by atoms with Gasteiger partial charge in [-0.25, -0.2) is 4.39 Å². The number of benzene rings is 1. The van der Waals surface area contributed by atoms with Crippen LogP contribution in [0.5, 0.6) is 0 Å². The highest BCUT2D eigenvalue weighted by Gasteiger charge is 2.30. The summed E-state index contributed by atoms with van der Waals surface area (Å²) < 4.78 is 16.3. The molecule has 6 heteroatoms. The van der Waals surface area contributed by atoms with Gasteiger partial charge in [-0.1, -0.05) is 11.6 Å². The predicted octanol–water partition coefficient (Wildman–Crippen LogP) is 4.78. The van der Waals surface area contributed by atoms with Crippen molar-refractivity contribution in [3.05, 3.63) is 27.7 Å². The highest BCUT2D eigenvalue weighted by molar-refractivity contribution is 8.00. The maximum atomic E-state index is 13.5. The number of rotatable bonds is 2. The van der Waals surface area contributed by atoms with Gasteiger partial charge in [0.1, 0.15) is 5.82 Å². The Labute approximate surface area is 125 Å². The van der Waals surface area contributed by atoms with Crippen molar-refractivity contribution in [1.82, 2.24) is 9.55 Å². The molecule has 1 aromatic heterocycles. The van der Waals surface area contributed by atoms with Gasteiger partial charge in [-0.05, 0) is 43.8 Å². The van der Waals surface area contributed by atoms with Gasteiger partial charge in [0.2, 0.25) is 0 Å². The third-order valence-electron chi connectivity index (χ3n) is 3.61. The molecule has 1 atom stereocenters. The SMILES string of the molecule is CC1(Cn2c(=S)[nH]c3cc(F)c(Cl)cc32)CCCS1. The lowest BCUT2D eigenvalue weighted by atomic mass is 10.1. The van der Waals surface area contributed by atoms with Crippen molar-refractivity contribution in [3.8, 4) is 0 Å². The summed E-state index contributed by atoms with van der Waals surface area (Å²) in [6.07, 6.45) is 2.42. The Balaban J connectivity index is 2.10. The van der Waals surface area contributed by atoms with Crippen LogP contribution in [0.1, 0.15) is 19.8 Å². The van der Waals surface area contributed by atoms with Crippen LogP contribution in [0.25, 0.3) is 11.0 Å².